The minimum Gasteiger partial charge on any atom is -0.459 e. The Bertz CT molecular complexity index is 884. The molecule has 0 N–H and O–H groups in total. The summed E-state index contributed by atoms with van der Waals surface area (Å²) in [7, 11) is 0. The monoisotopic (exact) mass is 368 g/mol. The van der Waals surface area contributed by atoms with Gasteiger partial charge in [0.2, 0.25) is 0 Å². The minimum atomic E-state index is -1.22. The molecule has 1 aromatic carbocycles. The van der Waals surface area contributed by atoms with E-state index in [1.807, 2.05) is 12.1 Å². The normalized spacial score (nSPS) is 22.2. The molecule has 3 heterocycles. The number of hydrogen-bond donors (Lipinski definition) is 0. The van der Waals surface area contributed by atoms with Crippen molar-refractivity contribution in [3.05, 3.63) is 59.5 Å². The number of nitrogens with zero attached hydrogens (tertiary/aromatic N) is 2. The van der Waals surface area contributed by atoms with Gasteiger partial charge in [-0.2, -0.15) is 0 Å². The lowest BCUT2D eigenvalue weighted by molar-refractivity contribution is -0.152. The van der Waals surface area contributed by atoms with Crippen LogP contribution in [-0.4, -0.2) is 59.4 Å². The Kier molecular flexibility index (Phi) is 4.22. The van der Waals surface area contributed by atoms with Gasteiger partial charge in [0.1, 0.15) is 0 Å². The number of rotatable bonds is 2. The first-order valence-electron chi connectivity index (χ1n) is 8.91. The van der Waals surface area contributed by atoms with Crippen molar-refractivity contribution in [2.24, 2.45) is 0 Å². The third kappa shape index (κ3) is 3.09. The molecule has 1 unspecified atom stereocenters. The average molecular weight is 368 g/mol. The lowest BCUT2D eigenvalue weighted by atomic mass is 9.88. The van der Waals surface area contributed by atoms with E-state index < -0.39 is 11.6 Å². The third-order valence-electron chi connectivity index (χ3n) is 5.12. The van der Waals surface area contributed by atoms with E-state index in [2.05, 4.69) is 0 Å². The van der Waals surface area contributed by atoms with Crippen LogP contribution in [0.3, 0.4) is 0 Å². The van der Waals surface area contributed by atoms with Gasteiger partial charge in [-0.25, -0.2) is 4.79 Å². The van der Waals surface area contributed by atoms with Gasteiger partial charge in [-0.3, -0.25) is 9.59 Å². The van der Waals surface area contributed by atoms with Gasteiger partial charge in [0.05, 0.1) is 11.8 Å². The molecule has 2 amide bonds. The van der Waals surface area contributed by atoms with Crippen molar-refractivity contribution in [2.45, 2.75) is 18.9 Å². The molecule has 0 spiro atoms. The van der Waals surface area contributed by atoms with Crippen molar-refractivity contribution in [3.63, 3.8) is 0 Å². The molecular weight excluding hydrogens is 348 g/mol. The predicted molar refractivity (Wildman–Crippen MR) is 95.2 cm³/mol. The summed E-state index contributed by atoms with van der Waals surface area (Å²) in [6.45, 7) is 3.25. The fourth-order valence-electron chi connectivity index (χ4n) is 3.66. The maximum atomic E-state index is 13.1. The molecular formula is C20H20N2O5. The zero-order valence-corrected chi connectivity index (χ0v) is 15.0. The van der Waals surface area contributed by atoms with Crippen LogP contribution < -0.4 is 0 Å². The topological polar surface area (TPSA) is 80.1 Å². The number of carbonyl (C=O) groups is 3. The molecule has 1 fully saturated rings. The van der Waals surface area contributed by atoms with E-state index in [1.54, 1.807) is 41.0 Å². The summed E-state index contributed by atoms with van der Waals surface area (Å²) in [5, 5.41) is 0. The van der Waals surface area contributed by atoms with Crippen LogP contribution in [0.5, 0.6) is 0 Å². The van der Waals surface area contributed by atoms with Crippen LogP contribution in [0.15, 0.2) is 47.1 Å². The summed E-state index contributed by atoms with van der Waals surface area (Å²) >= 11 is 0. The molecule has 0 saturated carbocycles. The van der Waals surface area contributed by atoms with Crippen LogP contribution in [0.4, 0.5) is 0 Å². The van der Waals surface area contributed by atoms with E-state index in [9.17, 15) is 14.4 Å². The summed E-state index contributed by atoms with van der Waals surface area (Å²) in [5.41, 5.74) is 0.103. The lowest BCUT2D eigenvalue weighted by Gasteiger charge is -2.40. The van der Waals surface area contributed by atoms with Crippen molar-refractivity contribution in [2.75, 3.05) is 26.2 Å². The highest BCUT2D eigenvalue weighted by atomic mass is 16.6. The zero-order chi connectivity index (χ0) is 19.0. The summed E-state index contributed by atoms with van der Waals surface area (Å²) in [5.74, 6) is -0.592. The third-order valence-corrected chi connectivity index (χ3v) is 5.12. The highest BCUT2D eigenvalue weighted by Gasteiger charge is 2.45. The van der Waals surface area contributed by atoms with Crippen LogP contribution in [0.1, 0.15) is 33.4 Å². The summed E-state index contributed by atoms with van der Waals surface area (Å²) in [4.78, 5) is 41.0. The molecule has 1 atom stereocenters. The standard InChI is InChI=1S/C20H20N2O5/c1-20(13-14-5-2-3-6-15(14)18(24)27-20)19(25)22-10-8-21(9-11-22)17(23)16-7-4-12-26-16/h2-7,12H,8-11,13H2,1H3. The molecule has 0 aliphatic carbocycles. The number of fused-ring (bicyclic) bond motifs is 1. The molecule has 1 saturated heterocycles. The SMILES string of the molecule is CC1(C(=O)N2CCN(C(=O)c3ccco3)CC2)Cc2ccccc2C(=O)O1. The highest BCUT2D eigenvalue weighted by Crippen LogP contribution is 2.30. The van der Waals surface area contributed by atoms with Crippen molar-refractivity contribution >= 4 is 17.8 Å². The molecule has 2 aliphatic rings. The molecule has 0 radical (unpaired) electrons. The number of amides is 2. The van der Waals surface area contributed by atoms with Gasteiger partial charge >= 0.3 is 5.97 Å². The van der Waals surface area contributed by atoms with Gasteiger partial charge < -0.3 is 19.0 Å². The smallest absolute Gasteiger partial charge is 0.339 e. The Hall–Kier alpha value is -3.09. The Morgan fingerprint density at radius 2 is 1.70 bits per heavy atom. The van der Waals surface area contributed by atoms with Crippen molar-refractivity contribution in [1.29, 1.82) is 0 Å². The first-order chi connectivity index (χ1) is 13.0. The second kappa shape index (κ2) is 6.57. The second-order valence-electron chi connectivity index (χ2n) is 7.02. The van der Waals surface area contributed by atoms with Gasteiger partial charge in [-0.1, -0.05) is 18.2 Å². The van der Waals surface area contributed by atoms with Crippen LogP contribution in [0.2, 0.25) is 0 Å². The number of piperazine rings is 1. The average Bonchev–Trinajstić information content (AvgIpc) is 3.22. The van der Waals surface area contributed by atoms with Gasteiger partial charge in [0, 0.05) is 32.6 Å². The van der Waals surface area contributed by atoms with Gasteiger partial charge in [-0.05, 0) is 30.7 Å². The largest absolute Gasteiger partial charge is 0.459 e. The van der Waals surface area contributed by atoms with Crippen molar-refractivity contribution < 1.29 is 23.5 Å². The minimum absolute atomic E-state index is 0.184. The number of esters is 1. The van der Waals surface area contributed by atoms with Gasteiger partial charge in [-0.15, -0.1) is 0 Å². The number of hydrogen-bond acceptors (Lipinski definition) is 5. The Balaban J connectivity index is 1.44. The Morgan fingerprint density at radius 1 is 1.00 bits per heavy atom. The van der Waals surface area contributed by atoms with E-state index in [-0.39, 0.29) is 11.8 Å². The van der Waals surface area contributed by atoms with Crippen LogP contribution in [0.25, 0.3) is 0 Å². The van der Waals surface area contributed by atoms with E-state index in [1.165, 1.54) is 6.26 Å². The summed E-state index contributed by atoms with van der Waals surface area (Å²) in [6.07, 6.45) is 1.81. The van der Waals surface area contributed by atoms with E-state index in [0.29, 0.717) is 43.9 Å². The van der Waals surface area contributed by atoms with E-state index in [0.717, 1.165) is 5.56 Å². The Morgan fingerprint density at radius 3 is 2.41 bits per heavy atom. The number of furan rings is 1. The summed E-state index contributed by atoms with van der Waals surface area (Å²) in [6, 6.07) is 10.5. The maximum Gasteiger partial charge on any atom is 0.339 e. The molecule has 2 aromatic rings. The quantitative estimate of drug-likeness (QED) is 0.755. The van der Waals surface area contributed by atoms with Crippen molar-refractivity contribution in [3.8, 4) is 0 Å². The second-order valence-corrected chi connectivity index (χ2v) is 7.02. The van der Waals surface area contributed by atoms with Gasteiger partial charge in [0.25, 0.3) is 11.8 Å². The lowest BCUT2D eigenvalue weighted by Crippen LogP contribution is -2.58. The molecule has 0 bridgehead atoms. The first-order valence-corrected chi connectivity index (χ1v) is 8.91. The molecule has 2 aliphatic heterocycles. The predicted octanol–water partition coefficient (Wildman–Crippen LogP) is 1.74. The first kappa shape index (κ1) is 17.3. The van der Waals surface area contributed by atoms with Crippen LogP contribution in [0, 0.1) is 0 Å². The highest BCUT2D eigenvalue weighted by molar-refractivity contribution is 5.97. The fraction of sp³-hybridized carbons (Fsp3) is 0.350. The zero-order valence-electron chi connectivity index (χ0n) is 15.0. The van der Waals surface area contributed by atoms with Crippen LogP contribution >= 0.6 is 0 Å². The number of benzene rings is 1. The van der Waals surface area contributed by atoms with Crippen LogP contribution in [-0.2, 0) is 16.0 Å². The molecule has 140 valence electrons. The molecule has 7 nitrogen and oxygen atoms in total. The number of ether oxygens (including phenoxy) is 1. The number of carbonyl (C=O) groups excluding carboxylic acids is 3. The Labute approximate surface area is 156 Å². The van der Waals surface area contributed by atoms with Crippen molar-refractivity contribution in [1.82, 2.24) is 9.80 Å². The van der Waals surface area contributed by atoms with E-state index >= 15 is 0 Å². The number of cyclic esters (lactones) is 1. The van der Waals surface area contributed by atoms with E-state index in [4.69, 9.17) is 9.15 Å². The molecule has 1 aromatic heterocycles. The fourth-order valence-corrected chi connectivity index (χ4v) is 3.66. The molecule has 4 rings (SSSR count). The molecule has 7 heteroatoms. The maximum absolute atomic E-state index is 13.1. The summed E-state index contributed by atoms with van der Waals surface area (Å²) < 4.78 is 10.7. The van der Waals surface area contributed by atoms with Gasteiger partial charge in [0.15, 0.2) is 11.4 Å². The molecule has 27 heavy (non-hydrogen) atoms.